The zero-order chi connectivity index (χ0) is 13.1. The third-order valence-electron chi connectivity index (χ3n) is 4.95. The average Bonchev–Trinajstić information content (AvgIpc) is 3.28. The molecule has 1 heterocycles. The molecule has 0 aromatic carbocycles. The largest absolute Gasteiger partial charge is 0.381 e. The van der Waals surface area contributed by atoms with Gasteiger partial charge in [0.05, 0.1) is 6.61 Å². The molecule has 0 aromatic rings. The molecule has 3 rings (SSSR count). The van der Waals surface area contributed by atoms with Gasteiger partial charge in [0.25, 0.3) is 0 Å². The van der Waals surface area contributed by atoms with Gasteiger partial charge in [-0.1, -0.05) is 6.92 Å². The van der Waals surface area contributed by atoms with E-state index in [1.165, 1.54) is 51.6 Å². The van der Waals surface area contributed by atoms with Gasteiger partial charge in [0, 0.05) is 37.7 Å². The Balaban J connectivity index is 1.59. The van der Waals surface area contributed by atoms with Gasteiger partial charge in [0.15, 0.2) is 0 Å². The Bertz CT molecular complexity index is 280. The summed E-state index contributed by atoms with van der Waals surface area (Å²) in [5.41, 5.74) is 0.381. The highest BCUT2D eigenvalue weighted by Crippen LogP contribution is 2.38. The maximum atomic E-state index is 5.84. The van der Waals surface area contributed by atoms with Crippen LogP contribution in [0.15, 0.2) is 0 Å². The lowest BCUT2D eigenvalue weighted by Gasteiger charge is -2.41. The van der Waals surface area contributed by atoms with Gasteiger partial charge in [-0.2, -0.15) is 0 Å². The number of rotatable bonds is 8. The Hall–Kier alpha value is -0.120. The quantitative estimate of drug-likeness (QED) is 0.729. The van der Waals surface area contributed by atoms with Gasteiger partial charge in [0.1, 0.15) is 0 Å². The van der Waals surface area contributed by atoms with Crippen LogP contribution in [0.1, 0.15) is 45.4 Å². The number of nitrogens with zero attached hydrogens (tertiary/aromatic N) is 1. The molecule has 110 valence electrons. The number of hydrogen-bond acceptors (Lipinski definition) is 3. The molecule has 0 radical (unpaired) electrons. The summed E-state index contributed by atoms with van der Waals surface area (Å²) in [7, 11) is 0. The first-order valence-electron chi connectivity index (χ1n) is 8.34. The Morgan fingerprint density at radius 1 is 1.26 bits per heavy atom. The number of hydrogen-bond donors (Lipinski definition) is 1. The van der Waals surface area contributed by atoms with E-state index in [0.29, 0.717) is 5.41 Å². The van der Waals surface area contributed by atoms with Crippen LogP contribution in [0.5, 0.6) is 0 Å². The minimum absolute atomic E-state index is 0.381. The lowest BCUT2D eigenvalue weighted by Crippen LogP contribution is -2.50. The number of nitrogens with one attached hydrogen (secondary N) is 1. The van der Waals surface area contributed by atoms with E-state index in [1.54, 1.807) is 0 Å². The minimum atomic E-state index is 0.381. The van der Waals surface area contributed by atoms with Crippen molar-refractivity contribution >= 4 is 0 Å². The Kier molecular flexibility index (Phi) is 4.45. The van der Waals surface area contributed by atoms with Crippen molar-refractivity contribution in [3.63, 3.8) is 0 Å². The minimum Gasteiger partial charge on any atom is -0.381 e. The standard InChI is InChI=1S/C16H30N2O/c1-2-17-11-16(8-3-9-19-13-16)12-18(15-6-7-15)10-14-4-5-14/h14-15,17H,2-13H2,1H3. The molecular weight excluding hydrogens is 236 g/mol. The molecule has 0 amide bonds. The van der Waals surface area contributed by atoms with Gasteiger partial charge in [-0.3, -0.25) is 4.90 Å². The monoisotopic (exact) mass is 266 g/mol. The maximum absolute atomic E-state index is 5.84. The highest BCUT2D eigenvalue weighted by Gasteiger charge is 2.40. The molecule has 2 saturated carbocycles. The second-order valence-electron chi connectivity index (χ2n) is 7.04. The molecular formula is C16H30N2O. The predicted molar refractivity (Wildman–Crippen MR) is 78.3 cm³/mol. The second-order valence-corrected chi connectivity index (χ2v) is 7.04. The molecule has 3 fully saturated rings. The summed E-state index contributed by atoms with van der Waals surface area (Å²) in [6, 6.07) is 0.904. The van der Waals surface area contributed by atoms with Crippen molar-refractivity contribution in [2.45, 2.75) is 51.5 Å². The molecule has 1 aliphatic heterocycles. The van der Waals surface area contributed by atoms with Crippen LogP contribution in [0.2, 0.25) is 0 Å². The fraction of sp³-hybridized carbons (Fsp3) is 1.00. The molecule has 0 spiro atoms. The van der Waals surface area contributed by atoms with Crippen LogP contribution in [-0.2, 0) is 4.74 Å². The first kappa shape index (κ1) is 13.8. The van der Waals surface area contributed by atoms with E-state index in [9.17, 15) is 0 Å². The highest BCUT2D eigenvalue weighted by atomic mass is 16.5. The average molecular weight is 266 g/mol. The second kappa shape index (κ2) is 6.11. The van der Waals surface area contributed by atoms with Crippen molar-refractivity contribution in [1.29, 1.82) is 0 Å². The third-order valence-corrected chi connectivity index (χ3v) is 4.95. The highest BCUT2D eigenvalue weighted by molar-refractivity contribution is 4.94. The summed E-state index contributed by atoms with van der Waals surface area (Å²) in [5, 5.41) is 3.59. The topological polar surface area (TPSA) is 24.5 Å². The Morgan fingerprint density at radius 2 is 2.11 bits per heavy atom. The van der Waals surface area contributed by atoms with Gasteiger partial charge in [0.2, 0.25) is 0 Å². The van der Waals surface area contributed by atoms with Crippen LogP contribution < -0.4 is 5.32 Å². The summed E-state index contributed by atoms with van der Waals surface area (Å²) >= 11 is 0. The molecule has 1 atom stereocenters. The van der Waals surface area contributed by atoms with Crippen molar-refractivity contribution in [3.8, 4) is 0 Å². The van der Waals surface area contributed by atoms with E-state index < -0.39 is 0 Å². The first-order valence-corrected chi connectivity index (χ1v) is 8.34. The van der Waals surface area contributed by atoms with Gasteiger partial charge in [-0.25, -0.2) is 0 Å². The van der Waals surface area contributed by atoms with Crippen molar-refractivity contribution in [1.82, 2.24) is 10.2 Å². The maximum Gasteiger partial charge on any atom is 0.0546 e. The fourth-order valence-electron chi connectivity index (χ4n) is 3.47. The molecule has 19 heavy (non-hydrogen) atoms. The summed E-state index contributed by atoms with van der Waals surface area (Å²) in [6.45, 7) is 8.99. The van der Waals surface area contributed by atoms with Crippen LogP contribution in [-0.4, -0.2) is 50.3 Å². The van der Waals surface area contributed by atoms with Crippen LogP contribution in [0, 0.1) is 11.3 Å². The van der Waals surface area contributed by atoms with Crippen molar-refractivity contribution in [3.05, 3.63) is 0 Å². The van der Waals surface area contributed by atoms with E-state index in [2.05, 4.69) is 17.1 Å². The van der Waals surface area contributed by atoms with Gasteiger partial charge >= 0.3 is 0 Å². The van der Waals surface area contributed by atoms with Crippen molar-refractivity contribution in [2.75, 3.05) is 39.4 Å². The van der Waals surface area contributed by atoms with E-state index in [0.717, 1.165) is 38.3 Å². The van der Waals surface area contributed by atoms with E-state index >= 15 is 0 Å². The SMILES string of the molecule is CCNCC1(CN(CC2CC2)C2CC2)CCCOC1. The molecule has 2 aliphatic carbocycles. The van der Waals surface area contributed by atoms with E-state index in [1.807, 2.05) is 0 Å². The summed E-state index contributed by atoms with van der Waals surface area (Å²) in [5.74, 6) is 1.02. The Labute approximate surface area is 118 Å². The fourth-order valence-corrected chi connectivity index (χ4v) is 3.47. The normalized spacial score (nSPS) is 31.9. The van der Waals surface area contributed by atoms with Gasteiger partial charge in [-0.15, -0.1) is 0 Å². The summed E-state index contributed by atoms with van der Waals surface area (Å²) in [4.78, 5) is 2.81. The predicted octanol–water partition coefficient (Wildman–Crippen LogP) is 2.27. The molecule has 3 aliphatic rings. The zero-order valence-corrected chi connectivity index (χ0v) is 12.5. The molecule has 0 aromatic heterocycles. The first-order chi connectivity index (χ1) is 9.31. The molecule has 3 nitrogen and oxygen atoms in total. The molecule has 1 unspecified atom stereocenters. The van der Waals surface area contributed by atoms with Crippen LogP contribution in [0.3, 0.4) is 0 Å². The summed E-state index contributed by atoms with van der Waals surface area (Å²) in [6.07, 6.45) is 8.40. The lowest BCUT2D eigenvalue weighted by molar-refractivity contribution is -0.0280. The Morgan fingerprint density at radius 3 is 2.68 bits per heavy atom. The van der Waals surface area contributed by atoms with Crippen molar-refractivity contribution in [2.24, 2.45) is 11.3 Å². The van der Waals surface area contributed by atoms with Gasteiger partial charge in [-0.05, 0) is 51.0 Å². The van der Waals surface area contributed by atoms with E-state index in [4.69, 9.17) is 4.74 Å². The molecule has 0 bridgehead atoms. The third kappa shape index (κ3) is 3.93. The van der Waals surface area contributed by atoms with Crippen molar-refractivity contribution < 1.29 is 4.74 Å². The van der Waals surface area contributed by atoms with Crippen LogP contribution >= 0.6 is 0 Å². The molecule has 1 saturated heterocycles. The zero-order valence-electron chi connectivity index (χ0n) is 12.5. The smallest absolute Gasteiger partial charge is 0.0546 e. The molecule has 3 heteroatoms. The van der Waals surface area contributed by atoms with Gasteiger partial charge < -0.3 is 10.1 Å². The number of ether oxygens (including phenoxy) is 1. The van der Waals surface area contributed by atoms with Crippen LogP contribution in [0.25, 0.3) is 0 Å². The lowest BCUT2D eigenvalue weighted by atomic mass is 9.81. The summed E-state index contributed by atoms with van der Waals surface area (Å²) < 4.78 is 5.84. The van der Waals surface area contributed by atoms with E-state index in [-0.39, 0.29) is 0 Å². The van der Waals surface area contributed by atoms with Crippen LogP contribution in [0.4, 0.5) is 0 Å². The molecule has 1 N–H and O–H groups in total.